The van der Waals surface area contributed by atoms with Crippen LogP contribution in [-0.4, -0.2) is 42.7 Å². The molecule has 1 saturated carbocycles. The number of methoxy groups -OCH3 is 1. The lowest BCUT2D eigenvalue weighted by molar-refractivity contribution is -0.135. The standard InChI is InChI=1S/C20H29NO3/c1-24-18-5-2-4-16(12-18)8-9-19(23)21-11-3-10-20(14-21,15-22)13-17-6-7-17/h2,4-5,12,17,22H,3,6-11,13-15H2,1H3/t20-/m0/s1. The van der Waals surface area contributed by atoms with Gasteiger partial charge < -0.3 is 14.7 Å². The molecule has 4 nitrogen and oxygen atoms in total. The Labute approximate surface area is 144 Å². The van der Waals surface area contributed by atoms with Crippen molar-refractivity contribution >= 4 is 5.91 Å². The van der Waals surface area contributed by atoms with Crippen LogP contribution in [0, 0.1) is 11.3 Å². The lowest BCUT2D eigenvalue weighted by Crippen LogP contribution is -2.48. The van der Waals surface area contributed by atoms with Gasteiger partial charge in [-0.05, 0) is 49.3 Å². The normalized spacial score (nSPS) is 24.0. The van der Waals surface area contributed by atoms with Crippen molar-refractivity contribution in [1.29, 1.82) is 0 Å². The zero-order chi connectivity index (χ0) is 17.0. The first kappa shape index (κ1) is 17.3. The van der Waals surface area contributed by atoms with E-state index >= 15 is 0 Å². The molecule has 1 atom stereocenters. The molecule has 24 heavy (non-hydrogen) atoms. The van der Waals surface area contributed by atoms with Gasteiger partial charge in [0.2, 0.25) is 5.91 Å². The van der Waals surface area contributed by atoms with E-state index < -0.39 is 0 Å². The number of carbonyl (C=O) groups excluding carboxylic acids is 1. The number of nitrogens with zero attached hydrogens (tertiary/aromatic N) is 1. The molecule has 0 unspecified atom stereocenters. The number of rotatable bonds is 7. The van der Waals surface area contributed by atoms with Crippen LogP contribution in [-0.2, 0) is 11.2 Å². The smallest absolute Gasteiger partial charge is 0.222 e. The molecule has 0 aromatic heterocycles. The van der Waals surface area contributed by atoms with E-state index in [1.165, 1.54) is 12.8 Å². The number of aryl methyl sites for hydroxylation is 1. The molecule has 1 aliphatic heterocycles. The highest BCUT2D eigenvalue weighted by atomic mass is 16.5. The van der Waals surface area contributed by atoms with E-state index in [-0.39, 0.29) is 17.9 Å². The van der Waals surface area contributed by atoms with Crippen LogP contribution in [0.1, 0.15) is 44.1 Å². The number of amides is 1. The first-order chi connectivity index (χ1) is 11.6. The highest BCUT2D eigenvalue weighted by Gasteiger charge is 2.40. The third-order valence-electron chi connectivity index (χ3n) is 5.53. The molecule has 1 aromatic carbocycles. The van der Waals surface area contributed by atoms with E-state index in [0.717, 1.165) is 56.0 Å². The van der Waals surface area contributed by atoms with Crippen molar-refractivity contribution in [2.75, 3.05) is 26.8 Å². The number of aliphatic hydroxyl groups excluding tert-OH is 1. The molecule has 4 heteroatoms. The second kappa shape index (κ2) is 7.56. The zero-order valence-corrected chi connectivity index (χ0v) is 14.7. The maximum Gasteiger partial charge on any atom is 0.222 e. The fraction of sp³-hybridized carbons (Fsp3) is 0.650. The molecule has 2 aliphatic rings. The summed E-state index contributed by atoms with van der Waals surface area (Å²) in [6.45, 7) is 1.78. The molecule has 0 spiro atoms. The molecule has 1 heterocycles. The van der Waals surface area contributed by atoms with E-state index in [0.29, 0.717) is 6.42 Å². The van der Waals surface area contributed by atoms with Crippen molar-refractivity contribution in [3.8, 4) is 5.75 Å². The number of piperidine rings is 1. The number of aliphatic hydroxyl groups is 1. The molecule has 0 bridgehead atoms. The zero-order valence-electron chi connectivity index (χ0n) is 14.7. The highest BCUT2D eigenvalue weighted by Crippen LogP contribution is 2.44. The Bertz CT molecular complexity index is 570. The molecule has 1 aromatic rings. The van der Waals surface area contributed by atoms with Crippen LogP contribution in [0.5, 0.6) is 5.75 Å². The maximum atomic E-state index is 12.6. The van der Waals surface area contributed by atoms with Gasteiger partial charge in [0.1, 0.15) is 5.75 Å². The van der Waals surface area contributed by atoms with Gasteiger partial charge in [-0.2, -0.15) is 0 Å². The minimum atomic E-state index is -0.0506. The van der Waals surface area contributed by atoms with Crippen molar-refractivity contribution in [1.82, 2.24) is 4.90 Å². The van der Waals surface area contributed by atoms with Gasteiger partial charge in [0.05, 0.1) is 13.7 Å². The molecule has 1 amide bonds. The lowest BCUT2D eigenvalue weighted by atomic mass is 9.76. The van der Waals surface area contributed by atoms with E-state index in [9.17, 15) is 9.90 Å². The van der Waals surface area contributed by atoms with Gasteiger partial charge in [-0.1, -0.05) is 25.0 Å². The number of hydrogen-bond donors (Lipinski definition) is 1. The Kier molecular flexibility index (Phi) is 5.44. The Morgan fingerprint density at radius 2 is 2.25 bits per heavy atom. The number of hydrogen-bond acceptors (Lipinski definition) is 3. The number of carbonyl (C=O) groups is 1. The Hall–Kier alpha value is -1.55. The van der Waals surface area contributed by atoms with Crippen LogP contribution in [0.4, 0.5) is 0 Å². The maximum absolute atomic E-state index is 12.6. The molecule has 132 valence electrons. The molecule has 1 N–H and O–H groups in total. The van der Waals surface area contributed by atoms with Crippen LogP contribution < -0.4 is 4.74 Å². The second-order valence-electron chi connectivity index (χ2n) is 7.58. The lowest BCUT2D eigenvalue weighted by Gasteiger charge is -2.42. The number of benzene rings is 1. The van der Waals surface area contributed by atoms with Crippen molar-refractivity contribution < 1.29 is 14.6 Å². The predicted octanol–water partition coefficient (Wildman–Crippen LogP) is 3.03. The molecular weight excluding hydrogens is 302 g/mol. The minimum Gasteiger partial charge on any atom is -0.497 e. The van der Waals surface area contributed by atoms with E-state index in [1.54, 1.807) is 7.11 Å². The average molecular weight is 331 g/mol. The van der Waals surface area contributed by atoms with Crippen molar-refractivity contribution in [3.63, 3.8) is 0 Å². The second-order valence-corrected chi connectivity index (χ2v) is 7.58. The Morgan fingerprint density at radius 1 is 1.42 bits per heavy atom. The molecule has 0 radical (unpaired) electrons. The summed E-state index contributed by atoms with van der Waals surface area (Å²) in [4.78, 5) is 14.6. The minimum absolute atomic E-state index is 0.0506. The highest BCUT2D eigenvalue weighted by molar-refractivity contribution is 5.76. The first-order valence-corrected chi connectivity index (χ1v) is 9.16. The summed E-state index contributed by atoms with van der Waals surface area (Å²) in [5.41, 5.74) is 1.08. The van der Waals surface area contributed by atoms with Crippen LogP contribution in [0.2, 0.25) is 0 Å². The van der Waals surface area contributed by atoms with Gasteiger partial charge in [-0.3, -0.25) is 4.79 Å². The molecule has 3 rings (SSSR count). The van der Waals surface area contributed by atoms with E-state index in [2.05, 4.69) is 0 Å². The third kappa shape index (κ3) is 4.29. The summed E-state index contributed by atoms with van der Waals surface area (Å²) in [5, 5.41) is 9.93. The largest absolute Gasteiger partial charge is 0.497 e. The predicted molar refractivity (Wildman–Crippen MR) is 94.0 cm³/mol. The molecule has 1 aliphatic carbocycles. The number of ether oxygens (including phenoxy) is 1. The molecule has 1 saturated heterocycles. The summed E-state index contributed by atoms with van der Waals surface area (Å²) < 4.78 is 5.24. The van der Waals surface area contributed by atoms with Crippen LogP contribution in [0.15, 0.2) is 24.3 Å². The van der Waals surface area contributed by atoms with Gasteiger partial charge in [0.25, 0.3) is 0 Å². The monoisotopic (exact) mass is 331 g/mol. The summed E-state index contributed by atoms with van der Waals surface area (Å²) in [6.07, 6.45) is 7.01. The fourth-order valence-corrected chi connectivity index (χ4v) is 3.95. The van der Waals surface area contributed by atoms with Gasteiger partial charge in [0, 0.05) is 24.9 Å². The quantitative estimate of drug-likeness (QED) is 0.835. The van der Waals surface area contributed by atoms with E-state index in [4.69, 9.17) is 4.74 Å². The van der Waals surface area contributed by atoms with Crippen molar-refractivity contribution in [3.05, 3.63) is 29.8 Å². The fourth-order valence-electron chi connectivity index (χ4n) is 3.95. The van der Waals surface area contributed by atoms with Gasteiger partial charge in [-0.25, -0.2) is 0 Å². The Morgan fingerprint density at radius 3 is 2.96 bits per heavy atom. The van der Waals surface area contributed by atoms with Gasteiger partial charge in [-0.15, -0.1) is 0 Å². The third-order valence-corrected chi connectivity index (χ3v) is 5.53. The van der Waals surface area contributed by atoms with Crippen molar-refractivity contribution in [2.24, 2.45) is 11.3 Å². The van der Waals surface area contributed by atoms with Crippen LogP contribution in [0.25, 0.3) is 0 Å². The van der Waals surface area contributed by atoms with E-state index in [1.807, 2.05) is 29.2 Å². The van der Waals surface area contributed by atoms with Crippen molar-refractivity contribution in [2.45, 2.75) is 44.9 Å². The van der Waals surface area contributed by atoms with Gasteiger partial charge in [0.15, 0.2) is 0 Å². The molecular formula is C20H29NO3. The first-order valence-electron chi connectivity index (χ1n) is 9.16. The SMILES string of the molecule is COc1cccc(CCC(=O)N2CCC[C@](CO)(CC3CC3)C2)c1. The average Bonchev–Trinajstić information content (AvgIpc) is 3.43. The van der Waals surface area contributed by atoms with Crippen LogP contribution in [0.3, 0.4) is 0 Å². The summed E-state index contributed by atoms with van der Waals surface area (Å²) in [7, 11) is 1.66. The Balaban J connectivity index is 1.55. The number of likely N-dealkylation sites (tertiary alicyclic amines) is 1. The summed E-state index contributed by atoms with van der Waals surface area (Å²) >= 11 is 0. The van der Waals surface area contributed by atoms with Crippen LogP contribution >= 0.6 is 0 Å². The summed E-state index contributed by atoms with van der Waals surface area (Å²) in [6, 6.07) is 7.92. The topological polar surface area (TPSA) is 49.8 Å². The summed E-state index contributed by atoms with van der Waals surface area (Å²) in [5.74, 6) is 1.83. The van der Waals surface area contributed by atoms with Gasteiger partial charge >= 0.3 is 0 Å². The molecule has 2 fully saturated rings.